The van der Waals surface area contributed by atoms with E-state index >= 15 is 0 Å². The van der Waals surface area contributed by atoms with Gasteiger partial charge in [0.1, 0.15) is 11.5 Å². The van der Waals surface area contributed by atoms with E-state index in [0.29, 0.717) is 21.5 Å². The second-order valence-electron chi connectivity index (χ2n) is 11.4. The minimum Gasteiger partial charge on any atom is -0.478 e. The van der Waals surface area contributed by atoms with Gasteiger partial charge < -0.3 is 19.1 Å². The summed E-state index contributed by atoms with van der Waals surface area (Å²) >= 11 is 13.1. The van der Waals surface area contributed by atoms with Gasteiger partial charge in [-0.1, -0.05) is 34.4 Å². The minimum atomic E-state index is -0.902. The van der Waals surface area contributed by atoms with E-state index in [1.807, 2.05) is 41.9 Å². The number of hydrogen-bond acceptors (Lipinski definition) is 5. The van der Waals surface area contributed by atoms with Crippen LogP contribution in [0.4, 0.5) is 5.69 Å². The number of carbonyl (C=O) groups is 1. The molecular weight excluding hydrogens is 535 g/mol. The summed E-state index contributed by atoms with van der Waals surface area (Å²) in [6.07, 6.45) is 4.75. The molecule has 39 heavy (non-hydrogen) atoms. The van der Waals surface area contributed by atoms with Crippen LogP contribution in [-0.4, -0.2) is 57.4 Å². The molecule has 9 heteroatoms. The molecule has 1 aliphatic heterocycles. The molecule has 1 aliphatic carbocycles. The maximum absolute atomic E-state index is 11.6. The number of piperazine rings is 1. The zero-order valence-electron chi connectivity index (χ0n) is 22.4. The van der Waals surface area contributed by atoms with E-state index in [9.17, 15) is 9.90 Å². The lowest BCUT2D eigenvalue weighted by Gasteiger charge is -2.48. The van der Waals surface area contributed by atoms with Crippen molar-refractivity contribution >= 4 is 45.8 Å². The van der Waals surface area contributed by atoms with Crippen molar-refractivity contribution in [3.8, 4) is 11.3 Å². The average molecular weight is 568 g/mol. The molecule has 1 saturated carbocycles. The van der Waals surface area contributed by atoms with Crippen molar-refractivity contribution in [2.45, 2.75) is 44.6 Å². The van der Waals surface area contributed by atoms with Gasteiger partial charge in [0.05, 0.1) is 21.1 Å². The number of aryl methyl sites for hydroxylation is 1. The first-order chi connectivity index (χ1) is 18.6. The molecule has 0 radical (unpaired) electrons. The van der Waals surface area contributed by atoms with Crippen molar-refractivity contribution < 1.29 is 14.4 Å². The Bertz CT molecular complexity index is 1550. The van der Waals surface area contributed by atoms with Crippen LogP contribution >= 0.6 is 23.2 Å². The molecule has 7 nitrogen and oxygen atoms in total. The number of rotatable bonds is 7. The highest BCUT2D eigenvalue weighted by molar-refractivity contribution is 6.39. The molecule has 2 aromatic heterocycles. The number of carboxylic acids is 1. The number of aromatic carboxylic acids is 1. The van der Waals surface area contributed by atoms with Gasteiger partial charge in [-0.05, 0) is 63.4 Å². The van der Waals surface area contributed by atoms with Crippen LogP contribution in [0.2, 0.25) is 10.0 Å². The molecule has 2 aromatic carbocycles. The highest BCUT2D eigenvalue weighted by Gasteiger charge is 2.36. The number of benzene rings is 2. The smallest absolute Gasteiger partial charge is 0.337 e. The predicted molar refractivity (Wildman–Crippen MR) is 155 cm³/mol. The maximum atomic E-state index is 11.6. The summed E-state index contributed by atoms with van der Waals surface area (Å²) in [5, 5.41) is 15.9. The zero-order chi connectivity index (χ0) is 27.5. The van der Waals surface area contributed by atoms with Gasteiger partial charge in [0.2, 0.25) is 0 Å². The molecule has 0 amide bonds. The Morgan fingerprint density at radius 2 is 1.90 bits per heavy atom. The summed E-state index contributed by atoms with van der Waals surface area (Å²) in [7, 11) is 1.89. The first-order valence-electron chi connectivity index (χ1n) is 13.4. The first kappa shape index (κ1) is 26.2. The number of hydrogen-bond donors (Lipinski definition) is 1. The lowest BCUT2D eigenvalue weighted by atomic mass is 9.95. The van der Waals surface area contributed by atoms with Crippen molar-refractivity contribution in [1.29, 1.82) is 0 Å². The van der Waals surface area contributed by atoms with E-state index in [2.05, 4.69) is 34.9 Å². The highest BCUT2D eigenvalue weighted by atomic mass is 35.5. The monoisotopic (exact) mass is 566 g/mol. The Morgan fingerprint density at radius 1 is 1.15 bits per heavy atom. The molecule has 0 unspecified atom stereocenters. The lowest BCUT2D eigenvalue weighted by Crippen LogP contribution is -2.59. The Morgan fingerprint density at radius 3 is 2.56 bits per heavy atom. The van der Waals surface area contributed by atoms with Gasteiger partial charge in [-0.15, -0.1) is 0 Å². The normalized spacial score (nSPS) is 17.7. The molecule has 204 valence electrons. The molecule has 2 fully saturated rings. The fourth-order valence-electron chi connectivity index (χ4n) is 5.96. The molecule has 0 atom stereocenters. The Labute approximate surface area is 237 Å². The molecule has 3 heterocycles. The molecule has 1 N–H and O–H groups in total. The van der Waals surface area contributed by atoms with E-state index in [0.717, 1.165) is 84.6 Å². The van der Waals surface area contributed by atoms with Crippen molar-refractivity contribution in [3.63, 3.8) is 0 Å². The summed E-state index contributed by atoms with van der Waals surface area (Å²) in [5.74, 6) is 0.510. The van der Waals surface area contributed by atoms with Crippen LogP contribution in [-0.2, 0) is 13.5 Å². The molecule has 6 rings (SSSR count). The van der Waals surface area contributed by atoms with Gasteiger partial charge in [0.15, 0.2) is 0 Å². The molecular formula is C30H32Cl2N4O3. The third kappa shape index (κ3) is 4.81. The van der Waals surface area contributed by atoms with Gasteiger partial charge in [0.25, 0.3) is 0 Å². The molecule has 0 bridgehead atoms. The molecule has 4 aromatic rings. The van der Waals surface area contributed by atoms with Gasteiger partial charge >= 0.3 is 5.97 Å². The van der Waals surface area contributed by atoms with Crippen LogP contribution in [0.5, 0.6) is 0 Å². The van der Waals surface area contributed by atoms with Gasteiger partial charge in [0, 0.05) is 73.1 Å². The predicted octanol–water partition coefficient (Wildman–Crippen LogP) is 6.86. The standard InChI is InChI=1S/C30H32Cl2N4O3/c1-30(2)17-35(19-9-10-20-22(29(37)38)16-34(3)25(20)15-19)13-14-36(30)12-11-21-27(33-39-28(21)18-7-8-18)26-23(31)5-4-6-24(26)32/h4-6,9-10,15-16,18H,7-8,11-14,17H2,1-3H3,(H,37,38). The van der Waals surface area contributed by atoms with E-state index in [4.69, 9.17) is 27.7 Å². The van der Waals surface area contributed by atoms with Crippen molar-refractivity contribution in [2.75, 3.05) is 31.1 Å². The third-order valence-electron chi connectivity index (χ3n) is 8.24. The fourth-order valence-corrected chi connectivity index (χ4v) is 6.54. The summed E-state index contributed by atoms with van der Waals surface area (Å²) in [6.45, 7) is 8.08. The van der Waals surface area contributed by atoms with E-state index < -0.39 is 5.97 Å². The number of fused-ring (bicyclic) bond motifs is 1. The number of halogens is 2. The van der Waals surface area contributed by atoms with E-state index in [-0.39, 0.29) is 5.54 Å². The topological polar surface area (TPSA) is 74.7 Å². The van der Waals surface area contributed by atoms with Crippen LogP contribution in [0.15, 0.2) is 47.1 Å². The molecule has 1 saturated heterocycles. The van der Waals surface area contributed by atoms with Crippen LogP contribution in [0.3, 0.4) is 0 Å². The summed E-state index contributed by atoms with van der Waals surface area (Å²) in [5.41, 5.74) is 4.93. The Hall–Kier alpha value is -3.00. The summed E-state index contributed by atoms with van der Waals surface area (Å²) in [6, 6.07) is 11.6. The minimum absolute atomic E-state index is 0.0766. The maximum Gasteiger partial charge on any atom is 0.337 e. The molecule has 0 spiro atoms. The second-order valence-corrected chi connectivity index (χ2v) is 12.2. The SMILES string of the molecule is Cn1cc(C(=O)O)c2ccc(N3CCN(CCc4c(-c5c(Cl)cccc5Cl)noc4C4CC4)C(C)(C)C3)cc21. The zero-order valence-corrected chi connectivity index (χ0v) is 23.9. The number of anilines is 1. The highest BCUT2D eigenvalue weighted by Crippen LogP contribution is 2.46. The quantitative estimate of drug-likeness (QED) is 0.263. The Kier molecular flexibility index (Phi) is 6.64. The van der Waals surface area contributed by atoms with Gasteiger partial charge in [-0.2, -0.15) is 0 Å². The summed E-state index contributed by atoms with van der Waals surface area (Å²) < 4.78 is 7.77. The average Bonchev–Trinajstić information content (AvgIpc) is 3.57. The van der Waals surface area contributed by atoms with Gasteiger partial charge in [-0.3, -0.25) is 4.90 Å². The van der Waals surface area contributed by atoms with Crippen LogP contribution in [0.25, 0.3) is 22.2 Å². The molecule has 2 aliphatic rings. The van der Waals surface area contributed by atoms with E-state index in [1.54, 1.807) is 6.20 Å². The number of carboxylic acid groups (broad SMARTS) is 1. The number of aromatic nitrogens is 2. The van der Waals surface area contributed by atoms with Gasteiger partial charge in [-0.25, -0.2) is 4.79 Å². The largest absolute Gasteiger partial charge is 0.478 e. The first-order valence-corrected chi connectivity index (χ1v) is 14.1. The van der Waals surface area contributed by atoms with Crippen molar-refractivity contribution in [3.05, 3.63) is 69.5 Å². The van der Waals surface area contributed by atoms with Crippen molar-refractivity contribution in [2.24, 2.45) is 7.05 Å². The van der Waals surface area contributed by atoms with Crippen LogP contribution in [0, 0.1) is 0 Å². The summed E-state index contributed by atoms with van der Waals surface area (Å²) in [4.78, 5) is 16.6. The lowest BCUT2D eigenvalue weighted by molar-refractivity contribution is 0.0698. The fraction of sp³-hybridized carbons (Fsp3) is 0.400. The Balaban J connectivity index is 1.21. The van der Waals surface area contributed by atoms with Crippen molar-refractivity contribution in [1.82, 2.24) is 14.6 Å². The second kappa shape index (κ2) is 9.88. The van der Waals surface area contributed by atoms with Crippen LogP contribution < -0.4 is 4.90 Å². The third-order valence-corrected chi connectivity index (χ3v) is 8.87. The van der Waals surface area contributed by atoms with Crippen LogP contribution in [0.1, 0.15) is 54.3 Å². The number of nitrogens with zero attached hydrogens (tertiary/aromatic N) is 4. The van der Waals surface area contributed by atoms with E-state index in [1.165, 1.54) is 0 Å².